The normalized spacial score (nSPS) is 19.6. The van der Waals surface area contributed by atoms with Crippen molar-refractivity contribution >= 4 is 5.91 Å². The Labute approximate surface area is 208 Å². The third kappa shape index (κ3) is 7.25. The summed E-state index contributed by atoms with van der Waals surface area (Å²) in [5.41, 5.74) is 2.00. The number of hydrogen-bond donors (Lipinski definition) is 2. The molecule has 0 bridgehead atoms. The maximum absolute atomic E-state index is 13.5. The van der Waals surface area contributed by atoms with Gasteiger partial charge in [-0.15, -0.1) is 0 Å². The highest BCUT2D eigenvalue weighted by Gasteiger charge is 2.34. The van der Waals surface area contributed by atoms with Gasteiger partial charge < -0.3 is 19.8 Å². The second kappa shape index (κ2) is 12.6. The van der Waals surface area contributed by atoms with Gasteiger partial charge in [-0.3, -0.25) is 14.7 Å². The molecule has 2 N–H and O–H groups in total. The van der Waals surface area contributed by atoms with Gasteiger partial charge in [-0.25, -0.2) is 4.98 Å². The van der Waals surface area contributed by atoms with Crippen molar-refractivity contribution in [1.82, 2.24) is 19.8 Å². The van der Waals surface area contributed by atoms with Crippen LogP contribution in [0.1, 0.15) is 55.1 Å². The van der Waals surface area contributed by atoms with Crippen LogP contribution in [-0.2, 0) is 6.54 Å². The van der Waals surface area contributed by atoms with Gasteiger partial charge in [0.25, 0.3) is 5.91 Å². The van der Waals surface area contributed by atoms with Crippen molar-refractivity contribution in [1.29, 1.82) is 0 Å². The molecular weight excluding hydrogens is 444 g/mol. The van der Waals surface area contributed by atoms with Crippen LogP contribution < -0.4 is 4.74 Å². The van der Waals surface area contributed by atoms with Crippen LogP contribution in [0.25, 0.3) is 0 Å². The molecule has 1 aliphatic rings. The van der Waals surface area contributed by atoms with Crippen LogP contribution >= 0.6 is 0 Å². The molecule has 0 aliphatic carbocycles. The summed E-state index contributed by atoms with van der Waals surface area (Å²) in [4.78, 5) is 25.9. The van der Waals surface area contributed by atoms with Gasteiger partial charge in [-0.1, -0.05) is 32.1 Å². The first kappa shape index (κ1) is 26.6. The van der Waals surface area contributed by atoms with Crippen molar-refractivity contribution < 1.29 is 19.7 Å². The van der Waals surface area contributed by atoms with Gasteiger partial charge in [0, 0.05) is 49.7 Å². The highest BCUT2D eigenvalue weighted by molar-refractivity contribution is 5.97. The molecule has 3 rings (SSSR count). The maximum atomic E-state index is 13.5. The van der Waals surface area contributed by atoms with Crippen LogP contribution in [0.5, 0.6) is 5.88 Å². The first-order valence-electron chi connectivity index (χ1n) is 12.2. The molecule has 1 amide bonds. The third-order valence-electron chi connectivity index (χ3n) is 6.16. The SMILES string of the molecule is CCCC(O)C#Cc1cnc2c(c1)C(=O)N([C@H](C)CO)C[C@H](C)[C@H](CN(C)Cc1ccncc1)O2. The van der Waals surface area contributed by atoms with E-state index in [1.165, 1.54) is 0 Å². The molecule has 2 aromatic rings. The van der Waals surface area contributed by atoms with Crippen LogP contribution in [-0.4, -0.2) is 80.9 Å². The first-order valence-corrected chi connectivity index (χ1v) is 12.2. The Morgan fingerprint density at radius 2 is 2.09 bits per heavy atom. The Kier molecular flexibility index (Phi) is 9.61. The predicted octanol–water partition coefficient (Wildman–Crippen LogP) is 2.34. The van der Waals surface area contributed by atoms with Crippen molar-refractivity contribution in [2.45, 2.75) is 58.4 Å². The Balaban J connectivity index is 1.89. The standard InChI is InChI=1S/C27H36N4O4/c1-5-6-23(33)8-7-22-13-24-26(29-14-22)35-25(17-30(4)16-21-9-11-28-12-10-21)19(2)15-31(27(24)34)20(3)18-32/h9-14,19-20,23,25,32-33H,5-6,15-18H2,1-4H3/t19-,20+,23?,25-/m0/s1. The lowest BCUT2D eigenvalue weighted by Gasteiger charge is -2.37. The average molecular weight is 481 g/mol. The van der Waals surface area contributed by atoms with E-state index in [4.69, 9.17) is 4.74 Å². The molecule has 8 nitrogen and oxygen atoms in total. The van der Waals surface area contributed by atoms with E-state index < -0.39 is 6.10 Å². The van der Waals surface area contributed by atoms with Gasteiger partial charge in [-0.05, 0) is 44.2 Å². The molecular formula is C27H36N4O4. The molecule has 3 heterocycles. The van der Waals surface area contributed by atoms with Gasteiger partial charge in [0.15, 0.2) is 0 Å². The molecule has 0 spiro atoms. The summed E-state index contributed by atoms with van der Waals surface area (Å²) < 4.78 is 6.34. The van der Waals surface area contributed by atoms with Gasteiger partial charge in [-0.2, -0.15) is 0 Å². The fraction of sp³-hybridized carbons (Fsp3) is 0.519. The topological polar surface area (TPSA) is 99.0 Å². The third-order valence-corrected chi connectivity index (χ3v) is 6.16. The number of pyridine rings is 2. The number of amides is 1. The number of aliphatic hydroxyl groups excluding tert-OH is 2. The molecule has 2 aromatic heterocycles. The van der Waals surface area contributed by atoms with Gasteiger partial charge >= 0.3 is 0 Å². The lowest BCUT2D eigenvalue weighted by Crippen LogP contribution is -2.49. The number of fused-ring (bicyclic) bond motifs is 1. The van der Waals surface area contributed by atoms with Crippen molar-refractivity contribution in [3.63, 3.8) is 0 Å². The van der Waals surface area contributed by atoms with E-state index in [1.807, 2.05) is 33.0 Å². The van der Waals surface area contributed by atoms with E-state index in [9.17, 15) is 15.0 Å². The smallest absolute Gasteiger partial charge is 0.259 e. The largest absolute Gasteiger partial charge is 0.472 e. The molecule has 0 saturated carbocycles. The number of hydrogen-bond acceptors (Lipinski definition) is 7. The van der Waals surface area contributed by atoms with Crippen LogP contribution in [0.2, 0.25) is 0 Å². The second-order valence-corrected chi connectivity index (χ2v) is 9.33. The highest BCUT2D eigenvalue weighted by Crippen LogP contribution is 2.27. The number of carbonyl (C=O) groups excluding carboxylic acids is 1. The average Bonchev–Trinajstić information content (AvgIpc) is 2.85. The summed E-state index contributed by atoms with van der Waals surface area (Å²) >= 11 is 0. The number of nitrogens with zero attached hydrogens (tertiary/aromatic N) is 4. The van der Waals surface area contributed by atoms with Crippen LogP contribution in [0.4, 0.5) is 0 Å². The van der Waals surface area contributed by atoms with Gasteiger partial charge in [0.2, 0.25) is 5.88 Å². The first-order chi connectivity index (χ1) is 16.8. The fourth-order valence-electron chi connectivity index (χ4n) is 4.07. The molecule has 35 heavy (non-hydrogen) atoms. The number of aromatic nitrogens is 2. The summed E-state index contributed by atoms with van der Waals surface area (Å²) in [5, 5.41) is 19.8. The van der Waals surface area contributed by atoms with E-state index in [1.54, 1.807) is 29.6 Å². The fourth-order valence-corrected chi connectivity index (χ4v) is 4.07. The van der Waals surface area contributed by atoms with Crippen LogP contribution in [0.3, 0.4) is 0 Å². The lowest BCUT2D eigenvalue weighted by molar-refractivity contribution is 0.0325. The maximum Gasteiger partial charge on any atom is 0.259 e. The van der Waals surface area contributed by atoms with E-state index in [-0.39, 0.29) is 36.5 Å². The number of ether oxygens (including phenoxy) is 1. The summed E-state index contributed by atoms with van der Waals surface area (Å²) in [6.45, 7) is 7.53. The van der Waals surface area contributed by atoms with Gasteiger partial charge in [0.05, 0.1) is 12.6 Å². The number of likely N-dealkylation sites (N-methyl/N-ethyl adjacent to an activating group) is 1. The summed E-state index contributed by atoms with van der Waals surface area (Å²) in [7, 11) is 2.03. The summed E-state index contributed by atoms with van der Waals surface area (Å²) in [6.07, 6.45) is 5.59. The quantitative estimate of drug-likeness (QED) is 0.560. The number of rotatable bonds is 8. The van der Waals surface area contributed by atoms with Gasteiger partial charge in [0.1, 0.15) is 17.8 Å². The summed E-state index contributed by atoms with van der Waals surface area (Å²) in [5.74, 6) is 5.75. The molecule has 0 radical (unpaired) electrons. The zero-order chi connectivity index (χ0) is 25.4. The van der Waals surface area contributed by atoms with E-state index in [0.29, 0.717) is 30.6 Å². The number of aliphatic hydroxyl groups is 2. The predicted molar refractivity (Wildman–Crippen MR) is 134 cm³/mol. The zero-order valence-electron chi connectivity index (χ0n) is 21.0. The second-order valence-electron chi connectivity index (χ2n) is 9.33. The van der Waals surface area contributed by atoms with Crippen LogP contribution in [0.15, 0.2) is 36.8 Å². The van der Waals surface area contributed by atoms with E-state index >= 15 is 0 Å². The minimum absolute atomic E-state index is 0.00597. The molecule has 1 aliphatic heterocycles. The molecule has 0 aromatic carbocycles. The zero-order valence-corrected chi connectivity index (χ0v) is 21.0. The lowest BCUT2D eigenvalue weighted by atomic mass is 9.99. The molecule has 188 valence electrons. The van der Waals surface area contributed by atoms with Crippen molar-refractivity contribution in [2.24, 2.45) is 5.92 Å². The van der Waals surface area contributed by atoms with E-state index in [0.717, 1.165) is 18.5 Å². The molecule has 0 fully saturated rings. The van der Waals surface area contributed by atoms with E-state index in [2.05, 4.69) is 33.6 Å². The van der Waals surface area contributed by atoms with Crippen molar-refractivity contribution in [3.05, 3.63) is 53.5 Å². The van der Waals surface area contributed by atoms with Crippen molar-refractivity contribution in [3.8, 4) is 17.7 Å². The molecule has 0 saturated heterocycles. The molecule has 4 atom stereocenters. The Bertz CT molecular complexity index is 1040. The van der Waals surface area contributed by atoms with Crippen LogP contribution in [0, 0.1) is 17.8 Å². The highest BCUT2D eigenvalue weighted by atomic mass is 16.5. The Morgan fingerprint density at radius 1 is 1.34 bits per heavy atom. The van der Waals surface area contributed by atoms with Crippen molar-refractivity contribution in [2.75, 3.05) is 26.7 Å². The molecule has 1 unspecified atom stereocenters. The monoisotopic (exact) mass is 480 g/mol. The summed E-state index contributed by atoms with van der Waals surface area (Å²) in [6, 6.07) is 5.28. The molecule has 8 heteroatoms. The minimum Gasteiger partial charge on any atom is -0.472 e. The minimum atomic E-state index is -0.721. The number of carbonyl (C=O) groups is 1. The Morgan fingerprint density at radius 3 is 2.77 bits per heavy atom. The Hall–Kier alpha value is -2.99.